The molecular formula is C7H14N2O2. The van der Waals surface area contributed by atoms with Gasteiger partial charge in [-0.25, -0.2) is 0 Å². The van der Waals surface area contributed by atoms with Crippen molar-refractivity contribution >= 4 is 5.91 Å². The highest BCUT2D eigenvalue weighted by atomic mass is 16.3. The summed E-state index contributed by atoms with van der Waals surface area (Å²) in [5, 5.41) is 8.99. The monoisotopic (exact) mass is 158 g/mol. The van der Waals surface area contributed by atoms with Crippen LogP contribution in [0.15, 0.2) is 12.7 Å². The predicted octanol–water partition coefficient (Wildman–Crippen LogP) is -0.874. The summed E-state index contributed by atoms with van der Waals surface area (Å²) in [7, 11) is 0. The molecule has 0 spiro atoms. The fourth-order valence-corrected chi connectivity index (χ4v) is 0.679. The quantitative estimate of drug-likeness (QED) is 0.454. The van der Waals surface area contributed by atoms with E-state index in [1.807, 2.05) is 0 Å². The average Bonchev–Trinajstić information content (AvgIpc) is 1.98. The van der Waals surface area contributed by atoms with E-state index in [0.717, 1.165) is 0 Å². The van der Waals surface area contributed by atoms with Crippen LogP contribution in [0, 0.1) is 0 Å². The van der Waals surface area contributed by atoms with Gasteiger partial charge in [0.1, 0.15) is 6.10 Å². The van der Waals surface area contributed by atoms with Gasteiger partial charge in [-0.3, -0.25) is 4.79 Å². The van der Waals surface area contributed by atoms with Gasteiger partial charge < -0.3 is 16.6 Å². The van der Waals surface area contributed by atoms with Crippen molar-refractivity contribution in [3.63, 3.8) is 0 Å². The van der Waals surface area contributed by atoms with Gasteiger partial charge in [-0.05, 0) is 12.8 Å². The summed E-state index contributed by atoms with van der Waals surface area (Å²) in [6.45, 7) is 3.48. The normalized spacial score (nSPS) is 15.5. The van der Waals surface area contributed by atoms with Crippen LogP contribution in [0.2, 0.25) is 0 Å². The number of carbonyl (C=O) groups excluding carboxylic acids is 1. The highest BCUT2D eigenvalue weighted by Gasteiger charge is 2.18. The molecule has 2 atom stereocenters. The molecule has 4 nitrogen and oxygen atoms in total. The van der Waals surface area contributed by atoms with Crippen molar-refractivity contribution in [2.75, 3.05) is 0 Å². The minimum atomic E-state index is -1.24. The van der Waals surface area contributed by atoms with Crippen LogP contribution in [-0.4, -0.2) is 23.2 Å². The number of aliphatic hydroxyl groups excluding tert-OH is 1. The van der Waals surface area contributed by atoms with Gasteiger partial charge >= 0.3 is 0 Å². The van der Waals surface area contributed by atoms with Gasteiger partial charge in [-0.15, -0.1) is 6.58 Å². The summed E-state index contributed by atoms with van der Waals surface area (Å²) in [6, 6.07) is -0.578. The second-order valence-electron chi connectivity index (χ2n) is 2.38. The predicted molar refractivity (Wildman–Crippen MR) is 42.6 cm³/mol. The minimum absolute atomic E-state index is 0.521. The molecule has 0 aliphatic rings. The van der Waals surface area contributed by atoms with Crippen LogP contribution >= 0.6 is 0 Å². The number of hydrogen-bond donors (Lipinski definition) is 3. The number of aliphatic hydroxyl groups is 1. The lowest BCUT2D eigenvalue weighted by Gasteiger charge is -2.13. The molecule has 0 heterocycles. The largest absolute Gasteiger partial charge is 0.382 e. The van der Waals surface area contributed by atoms with E-state index in [2.05, 4.69) is 6.58 Å². The lowest BCUT2D eigenvalue weighted by atomic mass is 10.1. The van der Waals surface area contributed by atoms with E-state index in [1.54, 1.807) is 6.08 Å². The Morgan fingerprint density at radius 3 is 2.64 bits per heavy atom. The summed E-state index contributed by atoms with van der Waals surface area (Å²) < 4.78 is 0. The van der Waals surface area contributed by atoms with Crippen molar-refractivity contribution in [1.29, 1.82) is 0 Å². The molecule has 0 fully saturated rings. The van der Waals surface area contributed by atoms with Gasteiger partial charge in [-0.1, -0.05) is 6.08 Å². The zero-order valence-electron chi connectivity index (χ0n) is 6.36. The Bertz CT molecular complexity index is 147. The van der Waals surface area contributed by atoms with E-state index in [4.69, 9.17) is 16.6 Å². The number of hydrogen-bond acceptors (Lipinski definition) is 3. The third kappa shape index (κ3) is 3.75. The third-order valence-corrected chi connectivity index (χ3v) is 1.40. The van der Waals surface area contributed by atoms with E-state index in [0.29, 0.717) is 12.8 Å². The molecule has 0 bridgehead atoms. The van der Waals surface area contributed by atoms with Crippen LogP contribution in [0.1, 0.15) is 12.8 Å². The summed E-state index contributed by atoms with van der Waals surface area (Å²) >= 11 is 0. The highest BCUT2D eigenvalue weighted by Crippen LogP contribution is 1.99. The van der Waals surface area contributed by atoms with Gasteiger partial charge in [0.25, 0.3) is 0 Å². The van der Waals surface area contributed by atoms with Crippen LogP contribution in [0.4, 0.5) is 0 Å². The molecule has 0 rings (SSSR count). The first kappa shape index (κ1) is 10.1. The maximum Gasteiger partial charge on any atom is 0.247 e. The molecule has 0 saturated carbocycles. The van der Waals surface area contributed by atoms with Crippen molar-refractivity contribution in [2.45, 2.75) is 25.0 Å². The van der Waals surface area contributed by atoms with E-state index >= 15 is 0 Å². The molecule has 5 N–H and O–H groups in total. The summed E-state index contributed by atoms with van der Waals surface area (Å²) in [5.74, 6) is -0.776. The molecule has 0 saturated heterocycles. The summed E-state index contributed by atoms with van der Waals surface area (Å²) in [6.07, 6.45) is 1.63. The number of rotatable bonds is 5. The van der Waals surface area contributed by atoms with Gasteiger partial charge in [-0.2, -0.15) is 0 Å². The van der Waals surface area contributed by atoms with Crippen LogP contribution in [0.25, 0.3) is 0 Å². The maximum atomic E-state index is 10.4. The van der Waals surface area contributed by atoms with Gasteiger partial charge in [0.2, 0.25) is 5.91 Å². The van der Waals surface area contributed by atoms with Crippen LogP contribution in [0.5, 0.6) is 0 Å². The van der Waals surface area contributed by atoms with Crippen molar-refractivity contribution in [3.05, 3.63) is 12.7 Å². The molecule has 0 aliphatic heterocycles. The number of amides is 1. The number of nitrogens with two attached hydrogens (primary N) is 2. The number of carbonyl (C=O) groups is 1. The van der Waals surface area contributed by atoms with E-state index in [-0.39, 0.29) is 0 Å². The molecule has 4 heteroatoms. The van der Waals surface area contributed by atoms with E-state index in [9.17, 15) is 4.79 Å². The second kappa shape index (κ2) is 4.87. The molecule has 11 heavy (non-hydrogen) atoms. The standard InChI is InChI=1S/C7H14N2O2/c1-2-3-4-5(8)6(10)7(9)11/h2,5-6,10H,1,3-4,8H2,(H2,9,11). The van der Waals surface area contributed by atoms with Gasteiger partial charge in [0.05, 0.1) is 0 Å². The zero-order chi connectivity index (χ0) is 8.85. The number of allylic oxidation sites excluding steroid dienone is 1. The smallest absolute Gasteiger partial charge is 0.247 e. The Balaban J connectivity index is 3.72. The fraction of sp³-hybridized carbons (Fsp3) is 0.571. The number of primary amides is 1. The second-order valence-corrected chi connectivity index (χ2v) is 2.38. The maximum absolute atomic E-state index is 10.4. The first-order valence-electron chi connectivity index (χ1n) is 3.43. The molecule has 64 valence electrons. The Hall–Kier alpha value is -0.870. The average molecular weight is 158 g/mol. The highest BCUT2D eigenvalue weighted by molar-refractivity contribution is 5.79. The van der Waals surface area contributed by atoms with Crippen LogP contribution < -0.4 is 11.5 Å². The topological polar surface area (TPSA) is 89.3 Å². The van der Waals surface area contributed by atoms with Gasteiger partial charge in [0.15, 0.2) is 0 Å². The lowest BCUT2D eigenvalue weighted by molar-refractivity contribution is -0.127. The third-order valence-electron chi connectivity index (χ3n) is 1.40. The first-order chi connectivity index (χ1) is 5.09. The van der Waals surface area contributed by atoms with Crippen molar-refractivity contribution in [3.8, 4) is 0 Å². The van der Waals surface area contributed by atoms with Crippen molar-refractivity contribution < 1.29 is 9.90 Å². The van der Waals surface area contributed by atoms with E-state index < -0.39 is 18.1 Å². The Morgan fingerprint density at radius 2 is 2.27 bits per heavy atom. The molecule has 2 unspecified atom stereocenters. The summed E-state index contributed by atoms with van der Waals surface area (Å²) in [4.78, 5) is 10.4. The first-order valence-corrected chi connectivity index (χ1v) is 3.43. The molecule has 1 amide bonds. The molecule has 0 aromatic rings. The van der Waals surface area contributed by atoms with Gasteiger partial charge in [0, 0.05) is 6.04 Å². The molecule has 0 aliphatic carbocycles. The fourth-order valence-electron chi connectivity index (χ4n) is 0.679. The summed E-state index contributed by atoms with van der Waals surface area (Å²) in [5.41, 5.74) is 10.2. The zero-order valence-corrected chi connectivity index (χ0v) is 6.36. The minimum Gasteiger partial charge on any atom is -0.382 e. The van der Waals surface area contributed by atoms with Crippen LogP contribution in [-0.2, 0) is 4.79 Å². The molecule has 0 aromatic carbocycles. The Kier molecular flexibility index (Phi) is 4.49. The van der Waals surface area contributed by atoms with Crippen molar-refractivity contribution in [1.82, 2.24) is 0 Å². The van der Waals surface area contributed by atoms with Crippen LogP contribution in [0.3, 0.4) is 0 Å². The van der Waals surface area contributed by atoms with Crippen molar-refractivity contribution in [2.24, 2.45) is 11.5 Å². The SMILES string of the molecule is C=CCCC(N)C(O)C(N)=O. The molecular weight excluding hydrogens is 144 g/mol. The Morgan fingerprint density at radius 1 is 1.73 bits per heavy atom. The molecule has 0 aromatic heterocycles. The van der Waals surface area contributed by atoms with E-state index in [1.165, 1.54) is 0 Å². The molecule has 0 radical (unpaired) electrons. The lowest BCUT2D eigenvalue weighted by Crippen LogP contribution is -2.43. The Labute approximate surface area is 65.9 Å².